The van der Waals surface area contributed by atoms with Crippen LogP contribution in [0.5, 0.6) is 5.75 Å². The van der Waals surface area contributed by atoms with Gasteiger partial charge in [-0.1, -0.05) is 12.1 Å². The van der Waals surface area contributed by atoms with Gasteiger partial charge in [0.15, 0.2) is 0 Å². The summed E-state index contributed by atoms with van der Waals surface area (Å²) in [5, 5.41) is 13.9. The first-order valence-electron chi connectivity index (χ1n) is 10.3. The molecule has 1 saturated heterocycles. The first-order chi connectivity index (χ1) is 14.0. The lowest BCUT2D eigenvalue weighted by Gasteiger charge is -2.38. The average molecular weight is 506 g/mol. The highest BCUT2D eigenvalue weighted by Crippen LogP contribution is 2.33. The maximum atomic E-state index is 11.4. The van der Waals surface area contributed by atoms with E-state index in [9.17, 15) is 9.90 Å². The Labute approximate surface area is 185 Å². The number of nitrogens with one attached hydrogen (secondary N) is 1. The number of rotatable bonds is 6. The molecule has 1 amide bonds. The number of ether oxygens (including phenoxy) is 1. The van der Waals surface area contributed by atoms with Gasteiger partial charge in [0.05, 0.1) is 12.2 Å². The lowest BCUT2D eigenvalue weighted by atomic mass is 9.84. The molecule has 2 aromatic carbocycles. The highest BCUT2D eigenvalue weighted by molar-refractivity contribution is 14.1. The molecule has 2 aliphatic heterocycles. The van der Waals surface area contributed by atoms with Crippen molar-refractivity contribution < 1.29 is 14.6 Å². The molecule has 2 heterocycles. The Hall–Kier alpha value is -1.64. The van der Waals surface area contributed by atoms with Crippen LogP contribution >= 0.6 is 22.6 Å². The van der Waals surface area contributed by atoms with E-state index >= 15 is 0 Å². The van der Waals surface area contributed by atoms with Crippen LogP contribution < -0.4 is 10.1 Å². The largest absolute Gasteiger partial charge is 0.494 e. The van der Waals surface area contributed by atoms with Crippen molar-refractivity contribution in [1.29, 1.82) is 0 Å². The van der Waals surface area contributed by atoms with Crippen molar-refractivity contribution in [1.82, 2.24) is 4.90 Å². The molecule has 29 heavy (non-hydrogen) atoms. The third-order valence-corrected chi connectivity index (χ3v) is 6.64. The van der Waals surface area contributed by atoms with Crippen LogP contribution in [0.25, 0.3) is 0 Å². The molecule has 0 atom stereocenters. The van der Waals surface area contributed by atoms with Crippen LogP contribution in [0.4, 0.5) is 5.69 Å². The summed E-state index contributed by atoms with van der Waals surface area (Å²) in [4.78, 5) is 13.9. The molecule has 0 spiro atoms. The van der Waals surface area contributed by atoms with Crippen LogP contribution in [-0.2, 0) is 16.8 Å². The standard InChI is InChI=1S/C23H27IN2O3/c24-19-5-3-18(4-6-19)23(28)10-13-26(14-11-23)12-1-15-29-20-7-8-21-17(16-20)2-9-22(27)25-21/h3-8,16,28H,1-2,9-15H2,(H,25,27). The summed E-state index contributed by atoms with van der Waals surface area (Å²) in [6, 6.07) is 14.1. The predicted octanol–water partition coefficient (Wildman–Crippen LogP) is 3.93. The number of amides is 1. The minimum absolute atomic E-state index is 0.0848. The van der Waals surface area contributed by atoms with Gasteiger partial charge in [-0.3, -0.25) is 4.79 Å². The summed E-state index contributed by atoms with van der Waals surface area (Å²) in [6.45, 7) is 3.45. The average Bonchev–Trinajstić information content (AvgIpc) is 2.73. The van der Waals surface area contributed by atoms with Crippen molar-refractivity contribution in [2.24, 2.45) is 0 Å². The minimum Gasteiger partial charge on any atom is -0.494 e. The maximum absolute atomic E-state index is 11.4. The normalized spacial score (nSPS) is 18.8. The number of nitrogens with zero attached hydrogens (tertiary/aromatic N) is 1. The highest BCUT2D eigenvalue weighted by Gasteiger charge is 2.33. The number of aryl methyl sites for hydroxylation is 1. The zero-order valence-corrected chi connectivity index (χ0v) is 18.7. The van der Waals surface area contributed by atoms with E-state index in [1.807, 2.05) is 18.2 Å². The van der Waals surface area contributed by atoms with E-state index in [1.54, 1.807) is 0 Å². The van der Waals surface area contributed by atoms with Gasteiger partial charge in [0.1, 0.15) is 5.75 Å². The Kier molecular flexibility index (Phi) is 6.41. The van der Waals surface area contributed by atoms with Crippen molar-refractivity contribution >= 4 is 34.2 Å². The molecule has 2 aliphatic rings. The summed E-state index contributed by atoms with van der Waals surface area (Å²) >= 11 is 2.29. The molecule has 6 heteroatoms. The molecule has 0 aliphatic carbocycles. The van der Waals surface area contributed by atoms with E-state index < -0.39 is 5.60 Å². The third kappa shape index (κ3) is 5.10. The quantitative estimate of drug-likeness (QED) is 0.461. The van der Waals surface area contributed by atoms with E-state index in [4.69, 9.17) is 4.74 Å². The summed E-state index contributed by atoms with van der Waals surface area (Å²) in [6.07, 6.45) is 3.81. The molecule has 2 aromatic rings. The van der Waals surface area contributed by atoms with Gasteiger partial charge in [-0.15, -0.1) is 0 Å². The lowest BCUT2D eigenvalue weighted by molar-refractivity contribution is -0.116. The second-order valence-corrected chi connectivity index (χ2v) is 9.19. The summed E-state index contributed by atoms with van der Waals surface area (Å²) in [7, 11) is 0. The molecule has 0 aromatic heterocycles. The third-order valence-electron chi connectivity index (χ3n) is 5.92. The maximum Gasteiger partial charge on any atom is 0.224 e. The van der Waals surface area contributed by atoms with Gasteiger partial charge in [-0.2, -0.15) is 0 Å². The molecule has 1 fully saturated rings. The van der Waals surface area contributed by atoms with E-state index in [2.05, 4.69) is 57.1 Å². The Morgan fingerprint density at radius 2 is 1.86 bits per heavy atom. The molecular weight excluding hydrogens is 479 g/mol. The molecule has 154 valence electrons. The molecule has 2 N–H and O–H groups in total. The zero-order chi connectivity index (χ0) is 20.3. The first-order valence-corrected chi connectivity index (χ1v) is 11.4. The molecule has 0 unspecified atom stereocenters. The number of anilines is 1. The molecule has 0 bridgehead atoms. The van der Waals surface area contributed by atoms with Crippen LogP contribution in [0.15, 0.2) is 42.5 Å². The van der Waals surface area contributed by atoms with Gasteiger partial charge in [0.25, 0.3) is 0 Å². The number of halogens is 1. The van der Waals surface area contributed by atoms with Crippen molar-refractivity contribution in [2.75, 3.05) is 31.6 Å². The van der Waals surface area contributed by atoms with Crippen LogP contribution in [0.3, 0.4) is 0 Å². The molecule has 0 saturated carbocycles. The van der Waals surface area contributed by atoms with Gasteiger partial charge < -0.3 is 20.1 Å². The fraction of sp³-hybridized carbons (Fsp3) is 0.435. The van der Waals surface area contributed by atoms with Crippen molar-refractivity contribution in [2.45, 2.75) is 37.7 Å². The van der Waals surface area contributed by atoms with E-state index in [0.717, 1.165) is 67.9 Å². The second kappa shape index (κ2) is 9.02. The van der Waals surface area contributed by atoms with E-state index in [0.29, 0.717) is 13.0 Å². The predicted molar refractivity (Wildman–Crippen MR) is 122 cm³/mol. The zero-order valence-electron chi connectivity index (χ0n) is 16.5. The number of carbonyl (C=O) groups excluding carboxylic acids is 1. The van der Waals surface area contributed by atoms with Crippen LogP contribution in [0, 0.1) is 3.57 Å². The van der Waals surface area contributed by atoms with Crippen molar-refractivity contribution in [3.05, 3.63) is 57.2 Å². The number of benzene rings is 2. The molecular formula is C23H27IN2O3. The second-order valence-electron chi connectivity index (χ2n) is 7.95. The summed E-state index contributed by atoms with van der Waals surface area (Å²) in [5.74, 6) is 0.952. The number of aliphatic hydroxyl groups is 1. The van der Waals surface area contributed by atoms with Gasteiger partial charge in [-0.05, 0) is 89.7 Å². The van der Waals surface area contributed by atoms with Crippen molar-refractivity contribution in [3.8, 4) is 5.75 Å². The number of carbonyl (C=O) groups is 1. The van der Waals surface area contributed by atoms with Gasteiger partial charge in [0.2, 0.25) is 5.91 Å². The topological polar surface area (TPSA) is 61.8 Å². The number of hydrogen-bond donors (Lipinski definition) is 2. The Morgan fingerprint density at radius 1 is 1.10 bits per heavy atom. The Bertz CT molecular complexity index is 861. The summed E-state index contributed by atoms with van der Waals surface area (Å²) in [5.41, 5.74) is 2.38. The SMILES string of the molecule is O=C1CCc2cc(OCCCN3CCC(O)(c4ccc(I)cc4)CC3)ccc2N1. The number of piperidine rings is 1. The van der Waals surface area contributed by atoms with Crippen LogP contribution in [0.2, 0.25) is 0 Å². The van der Waals surface area contributed by atoms with Crippen LogP contribution in [-0.4, -0.2) is 42.2 Å². The van der Waals surface area contributed by atoms with Crippen LogP contribution in [0.1, 0.15) is 36.8 Å². The lowest BCUT2D eigenvalue weighted by Crippen LogP contribution is -2.43. The monoisotopic (exact) mass is 506 g/mol. The van der Waals surface area contributed by atoms with Gasteiger partial charge in [-0.25, -0.2) is 0 Å². The number of likely N-dealkylation sites (tertiary alicyclic amines) is 1. The van der Waals surface area contributed by atoms with E-state index in [1.165, 1.54) is 3.57 Å². The van der Waals surface area contributed by atoms with Gasteiger partial charge in [0, 0.05) is 35.3 Å². The Morgan fingerprint density at radius 3 is 2.62 bits per heavy atom. The number of fused-ring (bicyclic) bond motifs is 1. The summed E-state index contributed by atoms with van der Waals surface area (Å²) < 4.78 is 7.11. The fourth-order valence-electron chi connectivity index (χ4n) is 4.12. The smallest absolute Gasteiger partial charge is 0.224 e. The van der Waals surface area contributed by atoms with E-state index in [-0.39, 0.29) is 5.91 Å². The Balaban J connectivity index is 1.20. The molecule has 0 radical (unpaired) electrons. The van der Waals surface area contributed by atoms with Gasteiger partial charge >= 0.3 is 0 Å². The number of hydrogen-bond acceptors (Lipinski definition) is 4. The molecule has 4 rings (SSSR count). The molecule has 5 nitrogen and oxygen atoms in total. The fourth-order valence-corrected chi connectivity index (χ4v) is 4.48. The highest BCUT2D eigenvalue weighted by atomic mass is 127. The minimum atomic E-state index is -0.699. The first kappa shape index (κ1) is 20.6. The van der Waals surface area contributed by atoms with Crippen molar-refractivity contribution in [3.63, 3.8) is 0 Å².